The van der Waals surface area contributed by atoms with E-state index < -0.39 is 23.1 Å². The first-order chi connectivity index (χ1) is 12.0. The largest absolute Gasteiger partial charge is 0.494 e. The predicted octanol–water partition coefficient (Wildman–Crippen LogP) is 2.81. The predicted molar refractivity (Wildman–Crippen MR) is 84.2 cm³/mol. The Morgan fingerprint density at radius 2 is 2.16 bits per heavy atom. The molecule has 1 fully saturated rings. The normalized spacial score (nSPS) is 19.8. The number of halogens is 2. The zero-order chi connectivity index (χ0) is 18.0. The van der Waals surface area contributed by atoms with Crippen molar-refractivity contribution in [1.82, 2.24) is 15.5 Å². The zero-order valence-corrected chi connectivity index (χ0v) is 14.0. The summed E-state index contributed by atoms with van der Waals surface area (Å²) in [6.45, 7) is 1.73. The first-order valence-electron chi connectivity index (χ1n) is 8.09. The number of nitrogens with zero attached hydrogens (tertiary/aromatic N) is 2. The number of ether oxygens (including phenoxy) is 1. The summed E-state index contributed by atoms with van der Waals surface area (Å²) in [4.78, 5) is 12.3. The van der Waals surface area contributed by atoms with E-state index in [9.17, 15) is 13.6 Å². The van der Waals surface area contributed by atoms with E-state index in [1.807, 2.05) is 0 Å². The number of carbonyl (C=O) groups is 1. The van der Waals surface area contributed by atoms with E-state index in [2.05, 4.69) is 15.5 Å². The molecule has 0 radical (unpaired) electrons. The third kappa shape index (κ3) is 3.78. The minimum absolute atomic E-state index is 0.147. The van der Waals surface area contributed by atoms with Gasteiger partial charge < -0.3 is 14.5 Å². The maximum Gasteiger partial charge on any atom is 0.257 e. The molecule has 1 aliphatic rings. The van der Waals surface area contributed by atoms with Crippen molar-refractivity contribution in [3.05, 3.63) is 41.1 Å². The highest BCUT2D eigenvalue weighted by Gasteiger charge is 2.29. The molecule has 8 heteroatoms. The van der Waals surface area contributed by atoms with Crippen LogP contribution < -0.4 is 10.1 Å². The topological polar surface area (TPSA) is 77.2 Å². The van der Waals surface area contributed by atoms with Gasteiger partial charge in [-0.05, 0) is 37.3 Å². The minimum Gasteiger partial charge on any atom is -0.494 e. The smallest absolute Gasteiger partial charge is 0.257 e. The van der Waals surface area contributed by atoms with Gasteiger partial charge in [0.25, 0.3) is 5.91 Å². The van der Waals surface area contributed by atoms with Crippen LogP contribution in [0, 0.1) is 24.5 Å². The van der Waals surface area contributed by atoms with Crippen molar-refractivity contribution in [1.29, 1.82) is 0 Å². The molecular weight excluding hydrogens is 332 g/mol. The number of methoxy groups -OCH3 is 1. The van der Waals surface area contributed by atoms with E-state index in [0.29, 0.717) is 24.6 Å². The van der Waals surface area contributed by atoms with Gasteiger partial charge in [0.05, 0.1) is 7.11 Å². The van der Waals surface area contributed by atoms with Crippen molar-refractivity contribution < 1.29 is 22.7 Å². The molecule has 2 atom stereocenters. The molecule has 1 amide bonds. The SMILES string of the molecule is COc1ccc(F)c(C(=O)N[C@H]2CC[C@@H](Cc3nnc(C)o3)C2)c1F. The van der Waals surface area contributed by atoms with E-state index in [1.54, 1.807) is 6.92 Å². The number of hydrogen-bond acceptors (Lipinski definition) is 5. The summed E-state index contributed by atoms with van der Waals surface area (Å²) in [7, 11) is 1.26. The van der Waals surface area contributed by atoms with E-state index in [-0.39, 0.29) is 17.7 Å². The fourth-order valence-electron chi connectivity index (χ4n) is 3.22. The highest BCUT2D eigenvalue weighted by Crippen LogP contribution is 2.29. The van der Waals surface area contributed by atoms with Gasteiger partial charge in [-0.15, -0.1) is 10.2 Å². The molecule has 0 aliphatic heterocycles. The van der Waals surface area contributed by atoms with Gasteiger partial charge in [0.1, 0.15) is 11.4 Å². The Kier molecular flexibility index (Phi) is 4.96. The van der Waals surface area contributed by atoms with Crippen LogP contribution in [0.2, 0.25) is 0 Å². The lowest BCUT2D eigenvalue weighted by Gasteiger charge is -2.14. The Morgan fingerprint density at radius 1 is 1.36 bits per heavy atom. The zero-order valence-electron chi connectivity index (χ0n) is 14.0. The molecule has 1 saturated carbocycles. The number of hydrogen-bond donors (Lipinski definition) is 1. The molecule has 6 nitrogen and oxygen atoms in total. The number of benzene rings is 1. The summed E-state index contributed by atoms with van der Waals surface area (Å²) in [6.07, 6.45) is 2.93. The Labute approximate surface area is 143 Å². The van der Waals surface area contributed by atoms with Crippen LogP contribution in [0.4, 0.5) is 8.78 Å². The summed E-state index contributed by atoms with van der Waals surface area (Å²) in [5.41, 5.74) is -0.615. The highest BCUT2D eigenvalue weighted by molar-refractivity contribution is 5.95. The number of carbonyl (C=O) groups excluding carboxylic acids is 1. The molecule has 25 heavy (non-hydrogen) atoms. The van der Waals surface area contributed by atoms with Gasteiger partial charge in [0, 0.05) is 19.4 Å². The van der Waals surface area contributed by atoms with Crippen molar-refractivity contribution in [2.24, 2.45) is 5.92 Å². The fourth-order valence-corrected chi connectivity index (χ4v) is 3.22. The molecule has 3 rings (SSSR count). The molecule has 1 heterocycles. The standard InChI is InChI=1S/C17H19F2N3O3/c1-9-21-22-14(25-9)8-10-3-4-11(7-10)20-17(23)15-12(18)5-6-13(24-2)16(15)19/h5-6,10-11H,3-4,7-8H2,1-2H3,(H,20,23)/t10-,11+/m1/s1. The molecule has 0 unspecified atom stereocenters. The quantitative estimate of drug-likeness (QED) is 0.896. The van der Waals surface area contributed by atoms with Crippen molar-refractivity contribution in [3.8, 4) is 5.75 Å². The number of nitrogens with one attached hydrogen (secondary N) is 1. The fraction of sp³-hybridized carbons (Fsp3) is 0.471. The van der Waals surface area contributed by atoms with E-state index in [4.69, 9.17) is 9.15 Å². The minimum atomic E-state index is -0.990. The van der Waals surface area contributed by atoms with Gasteiger partial charge >= 0.3 is 0 Å². The van der Waals surface area contributed by atoms with Crippen LogP contribution in [0.5, 0.6) is 5.75 Å². The summed E-state index contributed by atoms with van der Waals surface area (Å²) < 4.78 is 38.2. The lowest BCUT2D eigenvalue weighted by atomic mass is 10.0. The van der Waals surface area contributed by atoms with Crippen LogP contribution in [-0.4, -0.2) is 29.3 Å². The first kappa shape index (κ1) is 17.3. The van der Waals surface area contributed by atoms with Gasteiger partial charge in [-0.1, -0.05) is 0 Å². The molecule has 0 spiro atoms. The Hall–Kier alpha value is -2.51. The van der Waals surface area contributed by atoms with Crippen molar-refractivity contribution in [2.75, 3.05) is 7.11 Å². The monoisotopic (exact) mass is 351 g/mol. The van der Waals surface area contributed by atoms with Gasteiger partial charge in [-0.25, -0.2) is 8.78 Å². The van der Waals surface area contributed by atoms with Gasteiger partial charge in [0.2, 0.25) is 11.8 Å². The summed E-state index contributed by atoms with van der Waals surface area (Å²) in [6, 6.07) is 2.03. The van der Waals surface area contributed by atoms with E-state index in [0.717, 1.165) is 25.0 Å². The molecule has 1 aliphatic carbocycles. The lowest BCUT2D eigenvalue weighted by molar-refractivity contribution is 0.0927. The Balaban J connectivity index is 1.63. The van der Waals surface area contributed by atoms with Crippen LogP contribution in [-0.2, 0) is 6.42 Å². The van der Waals surface area contributed by atoms with Crippen molar-refractivity contribution in [2.45, 2.75) is 38.6 Å². The van der Waals surface area contributed by atoms with Crippen LogP contribution in [0.1, 0.15) is 41.4 Å². The molecule has 0 saturated heterocycles. The van der Waals surface area contributed by atoms with Crippen molar-refractivity contribution >= 4 is 5.91 Å². The van der Waals surface area contributed by atoms with Crippen LogP contribution in [0.3, 0.4) is 0 Å². The average Bonchev–Trinajstić information content (AvgIpc) is 3.17. The van der Waals surface area contributed by atoms with Crippen molar-refractivity contribution in [3.63, 3.8) is 0 Å². The number of rotatable bonds is 5. The third-order valence-electron chi connectivity index (χ3n) is 4.41. The second kappa shape index (κ2) is 7.16. The van der Waals surface area contributed by atoms with E-state index >= 15 is 0 Å². The summed E-state index contributed by atoms with van der Waals surface area (Å²) in [5.74, 6) is -1.47. The summed E-state index contributed by atoms with van der Waals surface area (Å²) in [5, 5.41) is 10.5. The molecule has 1 N–H and O–H groups in total. The van der Waals surface area contributed by atoms with Crippen LogP contribution in [0.15, 0.2) is 16.5 Å². The van der Waals surface area contributed by atoms with Gasteiger partial charge in [-0.2, -0.15) is 0 Å². The number of aromatic nitrogens is 2. The Bertz CT molecular complexity index is 778. The average molecular weight is 351 g/mol. The lowest BCUT2D eigenvalue weighted by Crippen LogP contribution is -2.34. The first-order valence-corrected chi connectivity index (χ1v) is 8.09. The van der Waals surface area contributed by atoms with Crippen LogP contribution >= 0.6 is 0 Å². The Morgan fingerprint density at radius 3 is 2.84 bits per heavy atom. The molecule has 1 aromatic carbocycles. The van der Waals surface area contributed by atoms with Gasteiger partial charge in [-0.3, -0.25) is 4.79 Å². The number of amides is 1. The van der Waals surface area contributed by atoms with Gasteiger partial charge in [0.15, 0.2) is 11.6 Å². The maximum atomic E-state index is 14.2. The summed E-state index contributed by atoms with van der Waals surface area (Å²) >= 11 is 0. The highest BCUT2D eigenvalue weighted by atomic mass is 19.1. The second-order valence-electron chi connectivity index (χ2n) is 6.21. The molecular formula is C17H19F2N3O3. The molecule has 134 valence electrons. The maximum absolute atomic E-state index is 14.2. The van der Waals surface area contributed by atoms with Crippen LogP contribution in [0.25, 0.3) is 0 Å². The van der Waals surface area contributed by atoms with E-state index in [1.165, 1.54) is 7.11 Å². The molecule has 2 aromatic rings. The second-order valence-corrected chi connectivity index (χ2v) is 6.21. The third-order valence-corrected chi connectivity index (χ3v) is 4.41. The number of aryl methyl sites for hydroxylation is 1. The molecule has 0 bridgehead atoms. The molecule has 1 aromatic heterocycles.